The van der Waals surface area contributed by atoms with Crippen molar-refractivity contribution < 1.29 is 4.74 Å². The lowest BCUT2D eigenvalue weighted by atomic mass is 10.0. The molecule has 0 amide bonds. The van der Waals surface area contributed by atoms with Gasteiger partial charge in [-0.25, -0.2) is 0 Å². The molecule has 1 aromatic carbocycles. The van der Waals surface area contributed by atoms with Gasteiger partial charge in [0.1, 0.15) is 0 Å². The zero-order chi connectivity index (χ0) is 15.1. The van der Waals surface area contributed by atoms with Gasteiger partial charge in [-0.1, -0.05) is 70.4 Å². The molecule has 1 fully saturated rings. The Morgan fingerprint density at radius 1 is 0.952 bits per heavy atom. The van der Waals surface area contributed by atoms with Crippen molar-refractivity contribution in [3.63, 3.8) is 0 Å². The Bertz CT molecular complexity index is 396. The Morgan fingerprint density at radius 3 is 2.29 bits per heavy atom. The lowest BCUT2D eigenvalue weighted by Crippen LogP contribution is -1.97. The number of ether oxygens (including phenoxy) is 1. The Morgan fingerprint density at radius 2 is 1.62 bits per heavy atom. The van der Waals surface area contributed by atoms with Gasteiger partial charge in [0.25, 0.3) is 0 Å². The van der Waals surface area contributed by atoms with Crippen LogP contribution < -0.4 is 0 Å². The highest BCUT2D eigenvalue weighted by molar-refractivity contribution is 5.13. The number of hydrogen-bond acceptors (Lipinski definition) is 1. The van der Waals surface area contributed by atoms with E-state index in [1.54, 1.807) is 0 Å². The zero-order valence-electron chi connectivity index (χ0n) is 14.1. The topological polar surface area (TPSA) is 9.23 Å². The van der Waals surface area contributed by atoms with Crippen molar-refractivity contribution >= 4 is 0 Å². The van der Waals surface area contributed by atoms with Gasteiger partial charge in [-0.15, -0.1) is 0 Å². The molecule has 0 bridgehead atoms. The second-order valence-electron chi connectivity index (χ2n) is 7.21. The summed E-state index contributed by atoms with van der Waals surface area (Å²) in [5, 5.41) is 0. The molecule has 0 heterocycles. The summed E-state index contributed by atoms with van der Waals surface area (Å²) in [6.07, 6.45) is 8.16. The van der Waals surface area contributed by atoms with Gasteiger partial charge in [0.05, 0.1) is 6.61 Å². The molecule has 1 aliphatic carbocycles. The summed E-state index contributed by atoms with van der Waals surface area (Å²) in [6.45, 7) is 8.87. The Balaban J connectivity index is 1.56. The molecular weight excluding hydrogens is 256 g/mol. The van der Waals surface area contributed by atoms with Crippen LogP contribution >= 0.6 is 0 Å². The lowest BCUT2D eigenvalue weighted by Gasteiger charge is -2.05. The quantitative estimate of drug-likeness (QED) is 0.492. The van der Waals surface area contributed by atoms with Crippen LogP contribution in [0.3, 0.4) is 0 Å². The number of rotatable bonds is 10. The molecule has 0 aliphatic heterocycles. The van der Waals surface area contributed by atoms with E-state index in [1.807, 2.05) is 0 Å². The molecule has 0 saturated heterocycles. The van der Waals surface area contributed by atoms with E-state index in [9.17, 15) is 0 Å². The summed E-state index contributed by atoms with van der Waals surface area (Å²) < 4.78 is 5.80. The molecule has 1 saturated carbocycles. The summed E-state index contributed by atoms with van der Waals surface area (Å²) in [6, 6.07) is 10.5. The van der Waals surface area contributed by atoms with Crippen LogP contribution in [-0.4, -0.2) is 6.61 Å². The van der Waals surface area contributed by atoms with Gasteiger partial charge in [0, 0.05) is 6.61 Å². The summed E-state index contributed by atoms with van der Waals surface area (Å²) in [5.74, 6) is 1.91. The maximum atomic E-state index is 5.80. The van der Waals surface area contributed by atoms with E-state index in [0.29, 0.717) is 5.41 Å². The smallest absolute Gasteiger partial charge is 0.0716 e. The maximum absolute atomic E-state index is 5.80. The van der Waals surface area contributed by atoms with E-state index >= 15 is 0 Å². The van der Waals surface area contributed by atoms with Gasteiger partial charge < -0.3 is 4.74 Å². The minimum absolute atomic E-state index is 0.590. The van der Waals surface area contributed by atoms with Crippen LogP contribution in [0.1, 0.15) is 64.9 Å². The monoisotopic (exact) mass is 288 g/mol. The Labute approximate surface area is 131 Å². The molecule has 0 aromatic heterocycles. The molecular formula is C20H32O. The molecule has 0 radical (unpaired) electrons. The molecule has 1 nitrogen and oxygen atoms in total. The zero-order valence-corrected chi connectivity index (χ0v) is 14.1. The van der Waals surface area contributed by atoms with Crippen LogP contribution in [0.5, 0.6) is 0 Å². The van der Waals surface area contributed by atoms with Crippen LogP contribution in [-0.2, 0) is 11.3 Å². The minimum Gasteiger partial charge on any atom is -0.377 e. The molecule has 21 heavy (non-hydrogen) atoms. The summed E-state index contributed by atoms with van der Waals surface area (Å²) in [4.78, 5) is 0. The fraction of sp³-hybridized carbons (Fsp3) is 0.700. The average molecular weight is 288 g/mol. The van der Waals surface area contributed by atoms with Crippen LogP contribution in [0.15, 0.2) is 30.3 Å². The van der Waals surface area contributed by atoms with Crippen molar-refractivity contribution in [2.75, 3.05) is 6.61 Å². The molecule has 0 spiro atoms. The number of unbranched alkanes of at least 4 members (excludes halogenated alkanes) is 2. The van der Waals surface area contributed by atoms with Gasteiger partial charge in [0.2, 0.25) is 0 Å². The van der Waals surface area contributed by atoms with E-state index in [2.05, 4.69) is 51.1 Å². The van der Waals surface area contributed by atoms with Crippen LogP contribution in [0, 0.1) is 17.3 Å². The summed E-state index contributed by atoms with van der Waals surface area (Å²) in [7, 11) is 0. The van der Waals surface area contributed by atoms with E-state index in [0.717, 1.165) is 25.0 Å². The average Bonchev–Trinajstić information content (AvgIpc) is 3.00. The van der Waals surface area contributed by atoms with Crippen molar-refractivity contribution in [2.24, 2.45) is 17.3 Å². The third-order valence-electron chi connectivity index (χ3n) is 5.32. The van der Waals surface area contributed by atoms with E-state index in [4.69, 9.17) is 4.74 Å². The lowest BCUT2D eigenvalue weighted by molar-refractivity contribution is 0.115. The number of hydrogen-bond donors (Lipinski definition) is 0. The minimum atomic E-state index is 0.590. The van der Waals surface area contributed by atoms with Crippen LogP contribution in [0.4, 0.5) is 0 Å². The summed E-state index contributed by atoms with van der Waals surface area (Å²) in [5.41, 5.74) is 1.87. The van der Waals surface area contributed by atoms with Gasteiger partial charge in [-0.3, -0.25) is 0 Å². The van der Waals surface area contributed by atoms with E-state index < -0.39 is 0 Å². The fourth-order valence-corrected chi connectivity index (χ4v) is 3.79. The van der Waals surface area contributed by atoms with Gasteiger partial charge in [-0.05, 0) is 42.1 Å². The van der Waals surface area contributed by atoms with E-state index in [-0.39, 0.29) is 0 Å². The first-order chi connectivity index (χ1) is 10.2. The molecule has 2 rings (SSSR count). The fourth-order valence-electron chi connectivity index (χ4n) is 3.79. The predicted octanol–water partition coefficient (Wildman–Crippen LogP) is 5.84. The molecule has 1 aliphatic rings. The normalized spacial score (nSPS) is 23.2. The first-order valence-electron chi connectivity index (χ1n) is 8.78. The SMILES string of the molecule is CCCCCC1C(CCCOCc2ccccc2)C1(C)C. The second kappa shape index (κ2) is 7.98. The van der Waals surface area contributed by atoms with Crippen molar-refractivity contribution in [1.29, 1.82) is 0 Å². The van der Waals surface area contributed by atoms with Crippen molar-refractivity contribution in [3.05, 3.63) is 35.9 Å². The van der Waals surface area contributed by atoms with E-state index in [1.165, 1.54) is 44.1 Å². The largest absolute Gasteiger partial charge is 0.377 e. The molecule has 118 valence electrons. The predicted molar refractivity (Wildman–Crippen MR) is 90.2 cm³/mol. The maximum Gasteiger partial charge on any atom is 0.0716 e. The highest BCUT2D eigenvalue weighted by atomic mass is 16.5. The molecule has 2 unspecified atom stereocenters. The first-order valence-corrected chi connectivity index (χ1v) is 8.78. The Hall–Kier alpha value is -0.820. The first kappa shape index (κ1) is 16.5. The third kappa shape index (κ3) is 4.85. The van der Waals surface area contributed by atoms with Gasteiger partial charge in [0.15, 0.2) is 0 Å². The molecule has 0 N–H and O–H groups in total. The molecule has 1 heteroatoms. The van der Waals surface area contributed by atoms with Gasteiger partial charge in [-0.2, -0.15) is 0 Å². The second-order valence-corrected chi connectivity index (χ2v) is 7.21. The van der Waals surface area contributed by atoms with Gasteiger partial charge >= 0.3 is 0 Å². The van der Waals surface area contributed by atoms with Crippen LogP contribution in [0.25, 0.3) is 0 Å². The Kier molecular flexibility index (Phi) is 6.29. The van der Waals surface area contributed by atoms with Crippen LogP contribution in [0.2, 0.25) is 0 Å². The molecule has 2 atom stereocenters. The standard InChI is InChI=1S/C20H32O/c1-4-5-7-13-18-19(20(18,2)3)14-10-15-21-16-17-11-8-6-9-12-17/h6,8-9,11-12,18-19H,4-5,7,10,13-16H2,1-3H3. The highest BCUT2D eigenvalue weighted by Crippen LogP contribution is 2.62. The number of benzene rings is 1. The van der Waals surface area contributed by atoms with Crippen molar-refractivity contribution in [1.82, 2.24) is 0 Å². The van der Waals surface area contributed by atoms with Crippen molar-refractivity contribution in [2.45, 2.75) is 65.9 Å². The summed E-state index contributed by atoms with van der Waals surface area (Å²) >= 11 is 0. The van der Waals surface area contributed by atoms with Crippen molar-refractivity contribution in [3.8, 4) is 0 Å². The molecule has 1 aromatic rings. The third-order valence-corrected chi connectivity index (χ3v) is 5.32. The highest BCUT2D eigenvalue weighted by Gasteiger charge is 2.55.